The minimum atomic E-state index is -4.18. The second-order valence-corrected chi connectivity index (χ2v) is 12.0. The molecule has 180 valence electrons. The van der Waals surface area contributed by atoms with Crippen molar-refractivity contribution in [2.45, 2.75) is 4.90 Å². The van der Waals surface area contributed by atoms with Crippen LogP contribution in [0.15, 0.2) is 77.7 Å². The number of sulfonamides is 2. The van der Waals surface area contributed by atoms with E-state index in [-0.39, 0.29) is 26.3 Å². The Kier molecular flexibility index (Phi) is 7.77. The van der Waals surface area contributed by atoms with Gasteiger partial charge in [0.05, 0.1) is 27.5 Å². The van der Waals surface area contributed by atoms with Gasteiger partial charge in [0.15, 0.2) is 0 Å². The van der Waals surface area contributed by atoms with Crippen LogP contribution in [0.3, 0.4) is 0 Å². The number of rotatable bonds is 8. The maximum atomic E-state index is 13.4. The molecule has 0 saturated heterocycles. The summed E-state index contributed by atoms with van der Waals surface area (Å²) in [7, 11) is -6.31. The van der Waals surface area contributed by atoms with Crippen LogP contribution in [0.5, 0.6) is 0 Å². The van der Waals surface area contributed by atoms with Gasteiger partial charge in [0.2, 0.25) is 15.9 Å². The first-order chi connectivity index (χ1) is 15.9. The zero-order valence-electron chi connectivity index (χ0n) is 18.1. The van der Waals surface area contributed by atoms with Crippen molar-refractivity contribution < 1.29 is 21.6 Å². The van der Waals surface area contributed by atoms with Crippen LogP contribution in [0.4, 0.5) is 17.1 Å². The van der Waals surface area contributed by atoms with E-state index in [9.17, 15) is 21.6 Å². The summed E-state index contributed by atoms with van der Waals surface area (Å²) in [6, 6.07) is 18.1. The standard InChI is InChI=1S/C22H21Cl2N3O5S2/c1-26(33(2,29)30)18-8-6-7-17(14-18)25-22(28)15-27(21-13-16(23)11-12-20(21)24)34(31,32)19-9-4-3-5-10-19/h3-14H,15H2,1-2H3,(H,25,28). The topological polar surface area (TPSA) is 104 Å². The number of amides is 1. The van der Waals surface area contributed by atoms with Crippen molar-refractivity contribution in [2.75, 3.05) is 33.8 Å². The monoisotopic (exact) mass is 541 g/mol. The van der Waals surface area contributed by atoms with E-state index in [1.54, 1.807) is 36.4 Å². The number of carbonyl (C=O) groups excluding carboxylic acids is 1. The summed E-state index contributed by atoms with van der Waals surface area (Å²) < 4.78 is 52.4. The molecule has 0 aliphatic rings. The highest BCUT2D eigenvalue weighted by atomic mass is 35.5. The Labute approximate surface area is 208 Å². The number of hydrogen-bond donors (Lipinski definition) is 1. The third kappa shape index (κ3) is 6.01. The summed E-state index contributed by atoms with van der Waals surface area (Å²) in [4.78, 5) is 12.9. The molecule has 0 unspecified atom stereocenters. The fraction of sp³-hybridized carbons (Fsp3) is 0.136. The van der Waals surface area contributed by atoms with Crippen LogP contribution in [0.25, 0.3) is 0 Å². The van der Waals surface area contributed by atoms with Crippen molar-refractivity contribution in [3.63, 3.8) is 0 Å². The molecular weight excluding hydrogens is 521 g/mol. The SMILES string of the molecule is CN(c1cccc(NC(=O)CN(c2cc(Cl)ccc2Cl)S(=O)(=O)c2ccccc2)c1)S(C)(=O)=O. The molecule has 0 spiro atoms. The van der Waals surface area contributed by atoms with Crippen molar-refractivity contribution >= 4 is 66.2 Å². The van der Waals surface area contributed by atoms with Gasteiger partial charge in [-0.15, -0.1) is 0 Å². The first kappa shape index (κ1) is 25.8. The lowest BCUT2D eigenvalue weighted by Crippen LogP contribution is -2.38. The van der Waals surface area contributed by atoms with E-state index < -0.39 is 32.5 Å². The summed E-state index contributed by atoms with van der Waals surface area (Å²) in [5.41, 5.74) is 0.651. The van der Waals surface area contributed by atoms with E-state index in [0.717, 1.165) is 14.9 Å². The van der Waals surface area contributed by atoms with Gasteiger partial charge in [-0.2, -0.15) is 0 Å². The van der Waals surface area contributed by atoms with Gasteiger partial charge in [-0.25, -0.2) is 16.8 Å². The van der Waals surface area contributed by atoms with Crippen LogP contribution in [-0.4, -0.2) is 42.6 Å². The van der Waals surface area contributed by atoms with Crippen molar-refractivity contribution in [1.29, 1.82) is 0 Å². The molecule has 0 aliphatic heterocycles. The molecule has 0 aliphatic carbocycles. The molecule has 0 atom stereocenters. The van der Waals surface area contributed by atoms with Crippen LogP contribution in [0, 0.1) is 0 Å². The summed E-state index contributed by atoms with van der Waals surface area (Å²) in [6.07, 6.45) is 1.05. The van der Waals surface area contributed by atoms with Crippen LogP contribution < -0.4 is 13.9 Å². The molecule has 0 fully saturated rings. The van der Waals surface area contributed by atoms with Gasteiger partial charge in [0.1, 0.15) is 6.54 Å². The van der Waals surface area contributed by atoms with Gasteiger partial charge in [-0.3, -0.25) is 13.4 Å². The number of anilines is 3. The number of halogens is 2. The third-order valence-electron chi connectivity index (χ3n) is 4.79. The van der Waals surface area contributed by atoms with Gasteiger partial charge in [-0.05, 0) is 48.5 Å². The average Bonchev–Trinajstić information content (AvgIpc) is 2.78. The van der Waals surface area contributed by atoms with E-state index in [2.05, 4.69) is 5.32 Å². The molecule has 0 saturated carbocycles. The smallest absolute Gasteiger partial charge is 0.264 e. The molecular formula is C22H21Cl2N3O5S2. The Morgan fingerprint density at radius 2 is 1.59 bits per heavy atom. The lowest BCUT2D eigenvalue weighted by Gasteiger charge is -2.25. The maximum Gasteiger partial charge on any atom is 0.264 e. The summed E-state index contributed by atoms with van der Waals surface area (Å²) >= 11 is 12.3. The molecule has 0 aromatic heterocycles. The first-order valence-electron chi connectivity index (χ1n) is 9.76. The molecule has 0 bridgehead atoms. The second-order valence-electron chi connectivity index (χ2n) is 7.25. The lowest BCUT2D eigenvalue weighted by atomic mass is 10.2. The molecule has 34 heavy (non-hydrogen) atoms. The van der Waals surface area contributed by atoms with Gasteiger partial charge >= 0.3 is 0 Å². The lowest BCUT2D eigenvalue weighted by molar-refractivity contribution is -0.114. The number of hydrogen-bond acceptors (Lipinski definition) is 5. The average molecular weight is 542 g/mol. The van der Waals surface area contributed by atoms with E-state index in [4.69, 9.17) is 23.2 Å². The maximum absolute atomic E-state index is 13.4. The molecule has 12 heteroatoms. The minimum absolute atomic E-state index is 0.0318. The number of nitrogens with zero attached hydrogens (tertiary/aromatic N) is 2. The van der Waals surface area contributed by atoms with Crippen molar-refractivity contribution in [2.24, 2.45) is 0 Å². The summed E-state index contributed by atoms with van der Waals surface area (Å²) in [5, 5.41) is 2.94. The largest absolute Gasteiger partial charge is 0.324 e. The highest BCUT2D eigenvalue weighted by Gasteiger charge is 2.29. The van der Waals surface area contributed by atoms with Crippen LogP contribution in [-0.2, 0) is 24.8 Å². The van der Waals surface area contributed by atoms with Crippen LogP contribution >= 0.6 is 23.2 Å². The second kappa shape index (κ2) is 10.2. The number of carbonyl (C=O) groups is 1. The molecule has 3 rings (SSSR count). The third-order valence-corrected chi connectivity index (χ3v) is 8.32. The Morgan fingerprint density at radius 3 is 2.24 bits per heavy atom. The van der Waals surface area contributed by atoms with Crippen molar-refractivity contribution in [1.82, 2.24) is 0 Å². The predicted molar refractivity (Wildman–Crippen MR) is 136 cm³/mol. The quantitative estimate of drug-likeness (QED) is 0.459. The zero-order chi connectivity index (χ0) is 25.1. The molecule has 3 aromatic rings. The number of benzene rings is 3. The normalized spacial score (nSPS) is 11.6. The summed E-state index contributed by atoms with van der Waals surface area (Å²) in [5.74, 6) is -0.672. The van der Waals surface area contributed by atoms with Gasteiger partial charge in [0.25, 0.3) is 10.0 Å². The Balaban J connectivity index is 1.95. The van der Waals surface area contributed by atoms with Gasteiger partial charge in [-0.1, -0.05) is 47.5 Å². The van der Waals surface area contributed by atoms with E-state index in [1.165, 1.54) is 43.4 Å². The van der Waals surface area contributed by atoms with Gasteiger partial charge in [0, 0.05) is 17.8 Å². The van der Waals surface area contributed by atoms with E-state index >= 15 is 0 Å². The molecule has 8 nitrogen and oxygen atoms in total. The molecule has 1 amide bonds. The highest BCUT2D eigenvalue weighted by molar-refractivity contribution is 7.93. The highest BCUT2D eigenvalue weighted by Crippen LogP contribution is 2.33. The Hall–Kier alpha value is -2.79. The van der Waals surface area contributed by atoms with Crippen LogP contribution in [0.1, 0.15) is 0 Å². The summed E-state index contributed by atoms with van der Waals surface area (Å²) in [6.45, 7) is -0.608. The molecule has 0 radical (unpaired) electrons. The van der Waals surface area contributed by atoms with Crippen molar-refractivity contribution in [3.05, 3.63) is 82.8 Å². The predicted octanol–water partition coefficient (Wildman–Crippen LogP) is 4.22. The van der Waals surface area contributed by atoms with E-state index in [0.29, 0.717) is 5.69 Å². The molecule has 1 N–H and O–H groups in total. The van der Waals surface area contributed by atoms with Crippen molar-refractivity contribution in [3.8, 4) is 0 Å². The molecule has 0 heterocycles. The number of nitrogens with one attached hydrogen (secondary N) is 1. The van der Waals surface area contributed by atoms with Crippen LogP contribution in [0.2, 0.25) is 10.0 Å². The minimum Gasteiger partial charge on any atom is -0.324 e. The fourth-order valence-electron chi connectivity index (χ4n) is 3.00. The molecule has 3 aromatic carbocycles. The van der Waals surface area contributed by atoms with Gasteiger partial charge < -0.3 is 5.32 Å². The fourth-order valence-corrected chi connectivity index (χ4v) is 5.38. The zero-order valence-corrected chi connectivity index (χ0v) is 21.3. The Morgan fingerprint density at radius 1 is 0.912 bits per heavy atom. The van der Waals surface area contributed by atoms with E-state index in [1.807, 2.05) is 0 Å². The Bertz CT molecular complexity index is 1420. The first-order valence-corrected chi connectivity index (χ1v) is 13.8.